The second kappa shape index (κ2) is 13.4. The summed E-state index contributed by atoms with van der Waals surface area (Å²) >= 11 is 0. The average molecular weight is 520 g/mol. The van der Waals surface area contributed by atoms with Crippen LogP contribution in [0.25, 0.3) is 0 Å². The van der Waals surface area contributed by atoms with Crippen LogP contribution < -0.4 is 27.4 Å². The molecule has 1 aromatic rings. The van der Waals surface area contributed by atoms with Crippen LogP contribution >= 0.6 is 0 Å². The fraction of sp³-hybridized carbons (Fsp3) is 0.409. The molecule has 0 unspecified atom stereocenters. The molecule has 200 valence electrons. The lowest BCUT2D eigenvalue weighted by atomic mass is 10.1. The van der Waals surface area contributed by atoms with E-state index in [-0.39, 0.29) is 25.3 Å². The second-order valence-corrected chi connectivity index (χ2v) is 8.18. The molecule has 0 saturated carbocycles. The highest BCUT2D eigenvalue weighted by Gasteiger charge is 2.39. The number of benzene rings is 1. The van der Waals surface area contributed by atoms with Gasteiger partial charge < -0.3 is 37.6 Å². The Kier molecular flexibility index (Phi) is 10.3. The van der Waals surface area contributed by atoms with Gasteiger partial charge >= 0.3 is 18.0 Å². The highest BCUT2D eigenvalue weighted by molar-refractivity contribution is 6.06. The summed E-state index contributed by atoms with van der Waals surface area (Å²) in [4.78, 5) is 77.2. The van der Waals surface area contributed by atoms with Crippen LogP contribution in [0.2, 0.25) is 0 Å². The molecular formula is C22H29N7O8. The summed E-state index contributed by atoms with van der Waals surface area (Å²) in [7, 11) is 0. The third-order valence-electron chi connectivity index (χ3n) is 5.28. The summed E-state index contributed by atoms with van der Waals surface area (Å²) in [6.45, 7) is -0.541. The Labute approximate surface area is 211 Å². The van der Waals surface area contributed by atoms with E-state index in [2.05, 4.69) is 20.9 Å². The highest BCUT2D eigenvalue weighted by Crippen LogP contribution is 2.11. The van der Waals surface area contributed by atoms with Crippen LogP contribution in [0.5, 0.6) is 0 Å². The number of guanidine groups is 1. The van der Waals surface area contributed by atoms with E-state index >= 15 is 0 Å². The molecular weight excluding hydrogens is 490 g/mol. The van der Waals surface area contributed by atoms with Gasteiger partial charge in [-0.15, -0.1) is 0 Å². The molecule has 37 heavy (non-hydrogen) atoms. The monoisotopic (exact) mass is 519 g/mol. The molecule has 1 aromatic carbocycles. The van der Waals surface area contributed by atoms with Crippen LogP contribution in [0, 0.1) is 0 Å². The third kappa shape index (κ3) is 9.12. The van der Waals surface area contributed by atoms with Crippen molar-refractivity contribution in [1.82, 2.24) is 20.9 Å². The van der Waals surface area contributed by atoms with Gasteiger partial charge in [-0.2, -0.15) is 0 Å². The summed E-state index contributed by atoms with van der Waals surface area (Å²) in [6.07, 6.45) is -0.351. The number of amides is 5. The number of aliphatic carboxylic acids is 2. The maximum absolute atomic E-state index is 12.7. The van der Waals surface area contributed by atoms with Crippen LogP contribution in [0.15, 0.2) is 35.3 Å². The SMILES string of the molecule is NC(N)=NCCC[C@@H]1NC(=O)N(CC(=O)N[C@@H](CC(=O)O)C(=O)N[C@@H](Cc2ccccc2)C(=O)O)C1=O. The summed E-state index contributed by atoms with van der Waals surface area (Å²) in [5.74, 6) is -5.63. The van der Waals surface area contributed by atoms with E-state index in [1.54, 1.807) is 30.3 Å². The summed E-state index contributed by atoms with van der Waals surface area (Å²) in [6, 6.07) is 3.64. The Hall–Kier alpha value is -4.69. The van der Waals surface area contributed by atoms with Gasteiger partial charge in [0.2, 0.25) is 11.8 Å². The molecule has 0 spiro atoms. The maximum Gasteiger partial charge on any atom is 0.326 e. The smallest absolute Gasteiger partial charge is 0.326 e. The zero-order chi connectivity index (χ0) is 27.5. The molecule has 9 N–H and O–H groups in total. The molecule has 5 amide bonds. The third-order valence-corrected chi connectivity index (χ3v) is 5.28. The quantitative estimate of drug-likeness (QED) is 0.0601. The normalized spacial score (nSPS) is 16.3. The Morgan fingerprint density at radius 3 is 2.32 bits per heavy atom. The van der Waals surface area contributed by atoms with Gasteiger partial charge in [0.25, 0.3) is 5.91 Å². The Morgan fingerprint density at radius 2 is 1.73 bits per heavy atom. The van der Waals surface area contributed by atoms with Gasteiger partial charge in [-0.25, -0.2) is 9.59 Å². The number of urea groups is 1. The van der Waals surface area contributed by atoms with Crippen molar-refractivity contribution in [2.45, 2.75) is 43.8 Å². The minimum Gasteiger partial charge on any atom is -0.481 e. The Bertz CT molecular complexity index is 1060. The number of nitrogens with one attached hydrogen (secondary N) is 3. The van der Waals surface area contributed by atoms with E-state index < -0.39 is 66.8 Å². The zero-order valence-corrected chi connectivity index (χ0v) is 19.8. The van der Waals surface area contributed by atoms with Gasteiger partial charge in [0.05, 0.1) is 6.42 Å². The standard InChI is InChI=1S/C22H29N7O8/c23-21(24)25-8-4-7-13-19(34)29(22(37)28-13)11-16(30)26-14(10-17(31)32)18(33)27-15(20(35)36)9-12-5-2-1-3-6-12/h1-3,5-6,13-15H,4,7-11H2,(H,26,30)(H,27,33)(H,28,37)(H,31,32)(H,35,36)(H4,23,24,25)/t13-,14-,15-/m0/s1. The number of carboxylic acid groups (broad SMARTS) is 2. The second-order valence-electron chi connectivity index (χ2n) is 8.18. The lowest BCUT2D eigenvalue weighted by Gasteiger charge is -2.21. The highest BCUT2D eigenvalue weighted by atomic mass is 16.4. The van der Waals surface area contributed by atoms with E-state index in [0.717, 1.165) is 0 Å². The van der Waals surface area contributed by atoms with Crippen LogP contribution in [-0.2, 0) is 30.4 Å². The van der Waals surface area contributed by atoms with Crippen molar-refractivity contribution in [3.63, 3.8) is 0 Å². The molecule has 1 saturated heterocycles. The molecule has 3 atom stereocenters. The van der Waals surface area contributed by atoms with Crippen molar-refractivity contribution in [2.24, 2.45) is 16.5 Å². The van der Waals surface area contributed by atoms with Gasteiger partial charge in [0.15, 0.2) is 5.96 Å². The number of hydrogen-bond acceptors (Lipinski definition) is 7. The van der Waals surface area contributed by atoms with Crippen LogP contribution in [0.4, 0.5) is 4.79 Å². The summed E-state index contributed by atoms with van der Waals surface area (Å²) in [5.41, 5.74) is 11.1. The lowest BCUT2D eigenvalue weighted by molar-refractivity contribution is -0.143. The first-order chi connectivity index (χ1) is 17.5. The molecule has 0 aromatic heterocycles. The number of carbonyl (C=O) groups excluding carboxylic acids is 4. The number of carboxylic acids is 2. The number of imide groups is 1. The zero-order valence-electron chi connectivity index (χ0n) is 19.8. The molecule has 1 heterocycles. The molecule has 2 rings (SSSR count). The van der Waals surface area contributed by atoms with Gasteiger partial charge in [-0.3, -0.25) is 29.1 Å². The molecule has 0 radical (unpaired) electrons. The molecule has 0 aliphatic carbocycles. The van der Waals surface area contributed by atoms with E-state index in [0.29, 0.717) is 16.9 Å². The average Bonchev–Trinajstić information content (AvgIpc) is 3.08. The van der Waals surface area contributed by atoms with Gasteiger partial charge in [0.1, 0.15) is 24.7 Å². The summed E-state index contributed by atoms with van der Waals surface area (Å²) < 4.78 is 0. The Balaban J connectivity index is 2.00. The lowest BCUT2D eigenvalue weighted by Crippen LogP contribution is -2.54. The van der Waals surface area contributed by atoms with E-state index in [9.17, 15) is 33.9 Å². The minimum absolute atomic E-state index is 0.0807. The molecule has 15 heteroatoms. The largest absolute Gasteiger partial charge is 0.481 e. The molecule has 1 fully saturated rings. The topological polar surface area (TPSA) is 247 Å². The first-order valence-electron chi connectivity index (χ1n) is 11.2. The first kappa shape index (κ1) is 28.5. The number of hydrogen-bond donors (Lipinski definition) is 7. The van der Waals surface area contributed by atoms with Crippen molar-refractivity contribution < 1.29 is 39.0 Å². The predicted molar refractivity (Wildman–Crippen MR) is 128 cm³/mol. The number of nitrogens with two attached hydrogens (primary N) is 2. The minimum atomic E-state index is -1.65. The van der Waals surface area contributed by atoms with Crippen LogP contribution in [0.1, 0.15) is 24.8 Å². The Morgan fingerprint density at radius 1 is 1.05 bits per heavy atom. The van der Waals surface area contributed by atoms with Crippen molar-refractivity contribution >= 4 is 41.7 Å². The summed E-state index contributed by atoms with van der Waals surface area (Å²) in [5, 5.41) is 25.5. The van der Waals surface area contributed by atoms with Crippen LogP contribution in [-0.4, -0.2) is 88.0 Å². The van der Waals surface area contributed by atoms with Crippen molar-refractivity contribution in [2.75, 3.05) is 13.1 Å². The number of aliphatic imine (C=N–C) groups is 1. The van der Waals surface area contributed by atoms with E-state index in [1.165, 1.54) is 0 Å². The van der Waals surface area contributed by atoms with Gasteiger partial charge in [-0.05, 0) is 18.4 Å². The van der Waals surface area contributed by atoms with E-state index in [4.69, 9.17) is 16.6 Å². The number of nitrogens with zero attached hydrogens (tertiary/aromatic N) is 2. The van der Waals surface area contributed by atoms with Crippen molar-refractivity contribution in [3.8, 4) is 0 Å². The fourth-order valence-corrected chi connectivity index (χ4v) is 3.52. The van der Waals surface area contributed by atoms with E-state index in [1.807, 2.05) is 0 Å². The van der Waals surface area contributed by atoms with Gasteiger partial charge in [0, 0.05) is 13.0 Å². The predicted octanol–water partition coefficient (Wildman–Crippen LogP) is -2.27. The van der Waals surface area contributed by atoms with Gasteiger partial charge in [-0.1, -0.05) is 30.3 Å². The maximum atomic E-state index is 12.7. The fourth-order valence-electron chi connectivity index (χ4n) is 3.52. The number of rotatable bonds is 14. The molecule has 0 bridgehead atoms. The first-order valence-corrected chi connectivity index (χ1v) is 11.2. The molecule has 15 nitrogen and oxygen atoms in total. The van der Waals surface area contributed by atoms with Crippen molar-refractivity contribution in [3.05, 3.63) is 35.9 Å². The molecule has 1 aliphatic rings. The number of carbonyl (C=O) groups is 6. The molecule has 1 aliphatic heterocycles. The van der Waals surface area contributed by atoms with Crippen molar-refractivity contribution in [1.29, 1.82) is 0 Å². The van der Waals surface area contributed by atoms with Crippen LogP contribution in [0.3, 0.4) is 0 Å².